The van der Waals surface area contributed by atoms with Crippen molar-refractivity contribution in [1.82, 2.24) is 69.0 Å². The van der Waals surface area contributed by atoms with Crippen LogP contribution in [-0.4, -0.2) is 111 Å². The van der Waals surface area contributed by atoms with Crippen molar-refractivity contribution in [3.05, 3.63) is 134 Å². The van der Waals surface area contributed by atoms with Crippen molar-refractivity contribution in [2.24, 2.45) is 14.1 Å². The molecule has 0 spiro atoms. The van der Waals surface area contributed by atoms with Crippen molar-refractivity contribution in [3.63, 3.8) is 0 Å². The van der Waals surface area contributed by atoms with Gasteiger partial charge in [0.15, 0.2) is 0 Å². The van der Waals surface area contributed by atoms with E-state index < -0.39 is 0 Å². The van der Waals surface area contributed by atoms with Crippen LogP contribution in [-0.2, 0) is 27.2 Å². The molecule has 20 nitrogen and oxygen atoms in total. The van der Waals surface area contributed by atoms with Gasteiger partial charge in [0.2, 0.25) is 0 Å². The van der Waals surface area contributed by atoms with E-state index in [9.17, 15) is 0 Å². The molecule has 364 valence electrons. The van der Waals surface area contributed by atoms with E-state index in [4.69, 9.17) is 28.9 Å². The van der Waals surface area contributed by atoms with Crippen molar-refractivity contribution in [2.75, 3.05) is 51.3 Å². The molecule has 4 aromatic carbocycles. The van der Waals surface area contributed by atoms with Crippen LogP contribution in [0.1, 0.15) is 19.1 Å². The van der Waals surface area contributed by atoms with Gasteiger partial charge in [-0.15, -0.1) is 0 Å². The molecule has 71 heavy (non-hydrogen) atoms. The minimum absolute atomic E-state index is 0. The fourth-order valence-electron chi connectivity index (χ4n) is 7.87. The number of anilines is 4. The molecule has 20 heteroatoms. The highest BCUT2D eigenvalue weighted by Gasteiger charge is 2.18. The number of hydrogen-bond donors (Lipinski definition) is 0. The summed E-state index contributed by atoms with van der Waals surface area (Å²) in [6, 6.07) is 23.8. The lowest BCUT2D eigenvalue weighted by Crippen LogP contribution is -2.23. The third-order valence-corrected chi connectivity index (χ3v) is 11.5. The monoisotopic (exact) mass is 956 g/mol. The number of aryl methyl sites for hydroxylation is 4. The maximum absolute atomic E-state index is 5.53. The molecule has 0 atom stereocenters. The van der Waals surface area contributed by atoms with Crippen LogP contribution in [0.25, 0.3) is 44.6 Å². The lowest BCUT2D eigenvalue weighted by atomic mass is 10.2. The number of methoxy groups -OCH3 is 4. The van der Waals surface area contributed by atoms with E-state index >= 15 is 0 Å². The van der Waals surface area contributed by atoms with E-state index in [0.717, 1.165) is 79.0 Å². The zero-order valence-electron chi connectivity index (χ0n) is 40.2. The van der Waals surface area contributed by atoms with Gasteiger partial charge in [-0.2, -0.15) is 20.4 Å². The number of aromatic nitrogens is 14. The Labute approximate surface area is 411 Å². The lowest BCUT2D eigenvalue weighted by molar-refractivity contribution is 0.394. The summed E-state index contributed by atoms with van der Waals surface area (Å²) in [6.07, 6.45) is 14.3. The fourth-order valence-corrected chi connectivity index (χ4v) is 7.87. The summed E-state index contributed by atoms with van der Waals surface area (Å²) in [5.74, 6) is 4.43. The first-order valence-electron chi connectivity index (χ1n) is 22.3. The zero-order chi connectivity index (χ0) is 48.7. The predicted molar refractivity (Wildman–Crippen MR) is 273 cm³/mol. The van der Waals surface area contributed by atoms with Crippen molar-refractivity contribution in [2.45, 2.75) is 34.4 Å². The predicted octanol–water partition coefficient (Wildman–Crippen LogP) is 8.21. The fraction of sp³-hybridized carbons (Fsp3) is 0.255. The molecule has 6 aromatic heterocycles. The minimum atomic E-state index is 0. The molecule has 0 bridgehead atoms. The smallest absolute Gasteiger partial charge is 0.147 e. The Morgan fingerprint density at radius 3 is 1.38 bits per heavy atom. The molecule has 0 aliphatic carbocycles. The highest BCUT2D eigenvalue weighted by Crippen LogP contribution is 2.36. The number of nitrogens with zero attached hydrogens (tertiary/aromatic N) is 16. The van der Waals surface area contributed by atoms with Crippen molar-refractivity contribution in [1.29, 1.82) is 0 Å². The van der Waals surface area contributed by atoms with Crippen LogP contribution < -0.4 is 28.7 Å². The second kappa shape index (κ2) is 21.6. The van der Waals surface area contributed by atoms with Gasteiger partial charge < -0.3 is 28.7 Å². The Kier molecular flexibility index (Phi) is 14.7. The van der Waals surface area contributed by atoms with E-state index in [2.05, 4.69) is 50.1 Å². The van der Waals surface area contributed by atoms with Gasteiger partial charge in [-0.3, -0.25) is 24.0 Å². The molecular weight excluding hydrogens is 901 g/mol. The first-order valence-corrected chi connectivity index (χ1v) is 22.3. The topological polar surface area (TPSA) is 192 Å². The molecule has 0 N–H and O–H groups in total. The van der Waals surface area contributed by atoms with Crippen molar-refractivity contribution >= 4 is 44.8 Å². The first-order chi connectivity index (χ1) is 34.1. The van der Waals surface area contributed by atoms with Crippen LogP contribution in [0.15, 0.2) is 123 Å². The Bertz CT molecular complexity index is 3350. The third kappa shape index (κ3) is 11.2. The van der Waals surface area contributed by atoms with E-state index in [-0.39, 0.29) is 7.43 Å². The summed E-state index contributed by atoms with van der Waals surface area (Å²) in [4.78, 5) is 31.8. The molecule has 0 fully saturated rings. The number of rotatable bonds is 16. The van der Waals surface area contributed by atoms with Crippen LogP contribution in [0.5, 0.6) is 23.0 Å². The molecule has 0 saturated carbocycles. The van der Waals surface area contributed by atoms with E-state index in [1.54, 1.807) is 75.2 Å². The van der Waals surface area contributed by atoms with Gasteiger partial charge in [0.25, 0.3) is 0 Å². The largest absolute Gasteiger partial charge is 0.497 e. The summed E-state index contributed by atoms with van der Waals surface area (Å²) in [5, 5.41) is 17.3. The van der Waals surface area contributed by atoms with Crippen LogP contribution in [0.3, 0.4) is 0 Å². The molecule has 0 radical (unpaired) electrons. The zero-order valence-corrected chi connectivity index (χ0v) is 40.2. The van der Waals surface area contributed by atoms with Crippen molar-refractivity contribution < 1.29 is 18.9 Å². The maximum Gasteiger partial charge on any atom is 0.147 e. The van der Waals surface area contributed by atoms with Gasteiger partial charge in [-0.25, -0.2) is 24.6 Å². The average molecular weight is 957 g/mol. The van der Waals surface area contributed by atoms with Gasteiger partial charge in [0, 0.05) is 110 Å². The molecule has 0 unspecified atom stereocenters. The standard InChI is InChI=1S/2C25H26N8O2.CH4/c1-17-27-16-32(30-17)7-8-33(20-9-21(34-3)12-22(10-20)35-4)19-5-6-23-24(11-19)29-25(14-26-23)18-13-28-31(2)15-18;1-17-27-16-29-33(17)8-7-32(20-9-21(34-3)12-22(10-20)35-4)19-5-6-23-24(11-19)30-25(14-26-23)18-13-28-31(2)15-18;/h2*5-6,9-16H,7-8H2,1-4H3;1H4. The number of ether oxygens (including phenoxy) is 4. The molecule has 0 saturated heterocycles. The molecule has 0 amide bonds. The summed E-state index contributed by atoms with van der Waals surface area (Å²) in [6.45, 7) is 6.38. The second-order valence-electron chi connectivity index (χ2n) is 16.2. The van der Waals surface area contributed by atoms with Gasteiger partial charge in [-0.05, 0) is 50.2 Å². The quantitative estimate of drug-likeness (QED) is 0.0899. The molecule has 0 aliphatic rings. The number of fused-ring (bicyclic) bond motifs is 2. The Hall–Kier alpha value is -8.94. The number of hydrogen-bond acceptors (Lipinski definition) is 16. The van der Waals surface area contributed by atoms with Gasteiger partial charge in [0.1, 0.15) is 47.3 Å². The van der Waals surface area contributed by atoms with E-state index in [1.807, 2.05) is 122 Å². The summed E-state index contributed by atoms with van der Waals surface area (Å²) < 4.78 is 29.3. The Morgan fingerprint density at radius 2 is 0.986 bits per heavy atom. The highest BCUT2D eigenvalue weighted by molar-refractivity contribution is 5.84. The summed E-state index contributed by atoms with van der Waals surface area (Å²) >= 11 is 0. The molecule has 6 heterocycles. The van der Waals surface area contributed by atoms with Crippen LogP contribution in [0, 0.1) is 13.8 Å². The molecule has 10 aromatic rings. The summed E-state index contributed by atoms with van der Waals surface area (Å²) in [7, 11) is 10.3. The van der Waals surface area contributed by atoms with E-state index in [0.29, 0.717) is 49.2 Å². The SMILES string of the molecule is C.COc1cc(OC)cc(N(CCn2cnc(C)n2)c2ccc3ncc(-c4cnn(C)c4)nc3c2)c1.COc1cc(OC)cc(N(CCn2ncnc2C)c2ccc3ncc(-c4cnn(C)c4)nc3c2)c1. The molecule has 10 rings (SSSR count). The maximum atomic E-state index is 5.53. The Morgan fingerprint density at radius 1 is 0.507 bits per heavy atom. The summed E-state index contributed by atoms with van der Waals surface area (Å²) in [5.41, 5.74) is 10.4. The van der Waals surface area contributed by atoms with Crippen LogP contribution >= 0.6 is 0 Å². The lowest BCUT2D eigenvalue weighted by Gasteiger charge is -2.26. The van der Waals surface area contributed by atoms with Gasteiger partial charge in [0.05, 0.1) is 99.8 Å². The second-order valence-corrected chi connectivity index (χ2v) is 16.2. The van der Waals surface area contributed by atoms with Crippen LogP contribution in [0.4, 0.5) is 22.7 Å². The first kappa shape index (κ1) is 48.5. The highest BCUT2D eigenvalue weighted by atomic mass is 16.5. The molecular formula is C51H56N16O4. The van der Waals surface area contributed by atoms with Gasteiger partial charge >= 0.3 is 0 Å². The van der Waals surface area contributed by atoms with Crippen molar-refractivity contribution in [3.8, 4) is 45.5 Å². The van der Waals surface area contributed by atoms with Crippen LogP contribution in [0.2, 0.25) is 0 Å². The number of benzene rings is 4. The average Bonchev–Trinajstić information content (AvgIpc) is 4.22. The van der Waals surface area contributed by atoms with E-state index in [1.165, 1.54) is 0 Å². The Balaban J connectivity index is 0.000000188. The molecule has 0 aliphatic heterocycles. The normalized spacial score (nSPS) is 10.9. The van der Waals surface area contributed by atoms with Gasteiger partial charge in [-0.1, -0.05) is 7.43 Å². The minimum Gasteiger partial charge on any atom is -0.497 e. The third-order valence-electron chi connectivity index (χ3n) is 11.5.